The van der Waals surface area contributed by atoms with Gasteiger partial charge in [0.25, 0.3) is 0 Å². The van der Waals surface area contributed by atoms with Gasteiger partial charge in [0.2, 0.25) is 5.79 Å². The average Bonchev–Trinajstić information content (AvgIpc) is 1.93. The fraction of sp³-hybridized carbons (Fsp3) is 1.00. The smallest absolute Gasteiger partial charge is 0.213 e. The molecule has 0 aliphatic carbocycles. The molecule has 3 N–H and O–H groups in total. The van der Waals surface area contributed by atoms with Crippen molar-refractivity contribution in [1.29, 1.82) is 0 Å². The van der Waals surface area contributed by atoms with Crippen molar-refractivity contribution in [3.05, 3.63) is 0 Å². The number of hydrogen-bond acceptors (Lipinski definition) is 5. The molecule has 1 saturated heterocycles. The van der Waals surface area contributed by atoms with Gasteiger partial charge < -0.3 is 24.8 Å². The largest absolute Gasteiger partial charge is 0.387 e. The van der Waals surface area contributed by atoms with E-state index in [9.17, 15) is 0 Å². The lowest BCUT2D eigenvalue weighted by molar-refractivity contribution is -0.275. The molecule has 1 aliphatic rings. The van der Waals surface area contributed by atoms with E-state index in [4.69, 9.17) is 20.1 Å². The number of rotatable bonds is 0. The fourth-order valence-corrected chi connectivity index (χ4v) is 0.832. The first-order valence-electron chi connectivity index (χ1n) is 3.41. The van der Waals surface area contributed by atoms with Crippen molar-refractivity contribution in [3.63, 3.8) is 0 Å². The number of hydrogen-bond donors (Lipinski definition) is 3. The van der Waals surface area contributed by atoms with Gasteiger partial charge in [-0.25, -0.2) is 0 Å². The molecule has 0 aromatic heterocycles. The van der Waals surface area contributed by atoms with Gasteiger partial charge in [0.15, 0.2) is 0 Å². The van der Waals surface area contributed by atoms with Crippen LogP contribution in [0, 0.1) is 0 Å². The van der Waals surface area contributed by atoms with Gasteiger partial charge in [0.1, 0.15) is 19.5 Å². The molecule has 1 heterocycles. The molecule has 5 heteroatoms. The van der Waals surface area contributed by atoms with Crippen LogP contribution >= 0.6 is 0 Å². The minimum Gasteiger partial charge on any atom is -0.387 e. The monoisotopic (exact) mass is 164 g/mol. The predicted octanol–water partition coefficient (Wildman–Crippen LogP) is -1.58. The first kappa shape index (κ1) is 8.89. The van der Waals surface area contributed by atoms with Crippen molar-refractivity contribution in [2.24, 2.45) is 0 Å². The van der Waals surface area contributed by atoms with Crippen LogP contribution in [0.2, 0.25) is 0 Å². The normalized spacial score (nSPS) is 32.5. The second-order valence-corrected chi connectivity index (χ2v) is 2.56. The molecule has 0 spiro atoms. The van der Waals surface area contributed by atoms with Gasteiger partial charge in [-0.05, 0) is 0 Å². The zero-order valence-corrected chi connectivity index (χ0v) is 6.06. The standard InChI is InChI=1S/C6H12O5/c7-5-1-2-10-4-11-3-6(5,8)9/h5,7-9H,1-4H2/t5-/m1/s1. The first-order valence-corrected chi connectivity index (χ1v) is 3.41. The van der Waals surface area contributed by atoms with Gasteiger partial charge in [0, 0.05) is 6.42 Å². The molecule has 0 radical (unpaired) electrons. The first-order chi connectivity index (χ1) is 5.13. The SMILES string of the molecule is O[C@@H]1CCOCOCC1(O)O. The second-order valence-electron chi connectivity index (χ2n) is 2.56. The lowest BCUT2D eigenvalue weighted by atomic mass is 10.1. The van der Waals surface area contributed by atoms with Crippen LogP contribution in [-0.2, 0) is 9.47 Å². The molecule has 1 rings (SSSR count). The minimum absolute atomic E-state index is 0.0373. The summed E-state index contributed by atoms with van der Waals surface area (Å²) in [7, 11) is 0. The maximum absolute atomic E-state index is 9.08. The van der Waals surface area contributed by atoms with Crippen molar-refractivity contribution in [2.45, 2.75) is 18.3 Å². The van der Waals surface area contributed by atoms with Crippen LogP contribution in [-0.4, -0.2) is 47.2 Å². The molecule has 1 aliphatic heterocycles. The third-order valence-electron chi connectivity index (χ3n) is 1.55. The molecule has 11 heavy (non-hydrogen) atoms. The van der Waals surface area contributed by atoms with Crippen LogP contribution < -0.4 is 0 Å². The van der Waals surface area contributed by atoms with Crippen LogP contribution in [0.15, 0.2) is 0 Å². The molecule has 0 aromatic carbocycles. The van der Waals surface area contributed by atoms with Crippen LogP contribution in [0.5, 0.6) is 0 Å². The van der Waals surface area contributed by atoms with Gasteiger partial charge in [-0.2, -0.15) is 0 Å². The Labute approximate surface area is 64.2 Å². The minimum atomic E-state index is -2.14. The maximum Gasteiger partial charge on any atom is 0.213 e. The van der Waals surface area contributed by atoms with Crippen molar-refractivity contribution in [2.75, 3.05) is 20.0 Å². The number of aliphatic hydroxyl groups excluding tert-OH is 1. The van der Waals surface area contributed by atoms with Crippen molar-refractivity contribution in [3.8, 4) is 0 Å². The van der Waals surface area contributed by atoms with E-state index < -0.39 is 11.9 Å². The summed E-state index contributed by atoms with van der Waals surface area (Å²) < 4.78 is 9.51. The summed E-state index contributed by atoms with van der Waals surface area (Å²) in [6.45, 7) is -0.0200. The third kappa shape index (κ3) is 2.39. The third-order valence-corrected chi connectivity index (χ3v) is 1.55. The topological polar surface area (TPSA) is 79.2 Å². The summed E-state index contributed by atoms with van der Waals surface area (Å²) in [6, 6.07) is 0. The highest BCUT2D eigenvalue weighted by atomic mass is 16.7. The summed E-state index contributed by atoms with van der Waals surface area (Å²) in [5.41, 5.74) is 0. The van der Waals surface area contributed by atoms with E-state index in [1.807, 2.05) is 0 Å². The van der Waals surface area contributed by atoms with E-state index in [-0.39, 0.29) is 26.4 Å². The Morgan fingerprint density at radius 2 is 2.00 bits per heavy atom. The van der Waals surface area contributed by atoms with Gasteiger partial charge in [-0.15, -0.1) is 0 Å². The quantitative estimate of drug-likeness (QED) is 0.377. The lowest BCUT2D eigenvalue weighted by Crippen LogP contribution is -2.48. The molecule has 66 valence electrons. The Balaban J connectivity index is 2.47. The summed E-state index contributed by atoms with van der Waals surface area (Å²) >= 11 is 0. The van der Waals surface area contributed by atoms with Gasteiger partial charge in [-0.1, -0.05) is 0 Å². The van der Waals surface area contributed by atoms with Crippen LogP contribution in [0.1, 0.15) is 6.42 Å². The van der Waals surface area contributed by atoms with E-state index in [1.54, 1.807) is 0 Å². The molecule has 1 atom stereocenters. The molecule has 5 nitrogen and oxygen atoms in total. The van der Waals surface area contributed by atoms with Gasteiger partial charge >= 0.3 is 0 Å². The van der Waals surface area contributed by atoms with Crippen molar-refractivity contribution >= 4 is 0 Å². The molecular formula is C6H12O5. The Morgan fingerprint density at radius 3 is 2.73 bits per heavy atom. The zero-order valence-electron chi connectivity index (χ0n) is 6.06. The molecule has 1 fully saturated rings. The zero-order chi connectivity index (χ0) is 8.32. The van der Waals surface area contributed by atoms with Crippen LogP contribution in [0.25, 0.3) is 0 Å². The summed E-state index contributed by atoms with van der Waals surface area (Å²) in [5.74, 6) is -2.14. The van der Waals surface area contributed by atoms with Crippen LogP contribution in [0.3, 0.4) is 0 Å². The van der Waals surface area contributed by atoms with E-state index in [0.29, 0.717) is 0 Å². The second kappa shape index (κ2) is 3.46. The highest BCUT2D eigenvalue weighted by molar-refractivity contribution is 4.74. The highest BCUT2D eigenvalue weighted by Crippen LogP contribution is 2.13. The Hall–Kier alpha value is -0.200. The van der Waals surface area contributed by atoms with E-state index in [2.05, 4.69) is 4.74 Å². The fourth-order valence-electron chi connectivity index (χ4n) is 0.832. The summed E-state index contributed by atoms with van der Waals surface area (Å²) in [4.78, 5) is 0. The summed E-state index contributed by atoms with van der Waals surface area (Å²) in [6.07, 6.45) is -1.00. The van der Waals surface area contributed by atoms with E-state index >= 15 is 0 Å². The van der Waals surface area contributed by atoms with Gasteiger partial charge in [-0.3, -0.25) is 0 Å². The molecule has 0 unspecified atom stereocenters. The van der Waals surface area contributed by atoms with E-state index in [1.165, 1.54) is 0 Å². The maximum atomic E-state index is 9.08. The van der Waals surface area contributed by atoms with Crippen molar-refractivity contribution in [1.82, 2.24) is 0 Å². The summed E-state index contributed by atoms with van der Waals surface area (Å²) in [5, 5.41) is 27.2. The highest BCUT2D eigenvalue weighted by Gasteiger charge is 2.34. The molecule has 0 saturated carbocycles. The Kier molecular flexibility index (Phi) is 2.80. The predicted molar refractivity (Wildman–Crippen MR) is 34.6 cm³/mol. The average molecular weight is 164 g/mol. The lowest BCUT2D eigenvalue weighted by Gasteiger charge is -2.28. The molecule has 0 bridgehead atoms. The van der Waals surface area contributed by atoms with E-state index in [0.717, 1.165) is 0 Å². The molecule has 0 amide bonds. The molecule has 0 aromatic rings. The van der Waals surface area contributed by atoms with Gasteiger partial charge in [0.05, 0.1) is 6.61 Å². The van der Waals surface area contributed by atoms with Crippen molar-refractivity contribution < 1.29 is 24.8 Å². The number of aliphatic hydroxyl groups is 3. The molecular weight excluding hydrogens is 152 g/mol. The van der Waals surface area contributed by atoms with Crippen LogP contribution in [0.4, 0.5) is 0 Å². The Bertz CT molecular complexity index is 124. The Morgan fingerprint density at radius 1 is 1.27 bits per heavy atom. The number of ether oxygens (including phenoxy) is 2.